The number of esters is 1. The Hall–Kier alpha value is -2.82. The van der Waals surface area contributed by atoms with E-state index in [0.29, 0.717) is 18.9 Å². The Bertz CT molecular complexity index is 874. The van der Waals surface area contributed by atoms with Gasteiger partial charge in [-0.1, -0.05) is 62.9 Å². The van der Waals surface area contributed by atoms with Crippen LogP contribution in [0.15, 0.2) is 48.8 Å². The number of ether oxygens (including phenoxy) is 2. The van der Waals surface area contributed by atoms with E-state index in [1.807, 2.05) is 42.6 Å². The van der Waals surface area contributed by atoms with Crippen LogP contribution in [0.1, 0.15) is 56.6 Å². The van der Waals surface area contributed by atoms with Gasteiger partial charge in [-0.3, -0.25) is 4.79 Å². The number of benzene rings is 1. The van der Waals surface area contributed by atoms with Gasteiger partial charge >= 0.3 is 5.97 Å². The maximum atomic E-state index is 12.0. The summed E-state index contributed by atoms with van der Waals surface area (Å²) in [6.45, 7) is 2.91. The summed E-state index contributed by atoms with van der Waals surface area (Å²) in [6, 6.07) is 11.9. The van der Waals surface area contributed by atoms with E-state index in [4.69, 9.17) is 9.47 Å². The Balaban J connectivity index is 1.52. The standard InChI is InChI=1S/C23H28N2O3/c1-2-3-4-5-9-12-23(26)28-17-19-14-24-21-15-25-22(13-20(19)21)27-16-18-10-7-6-8-11-18/h6-8,10-11,13-15,24H,2-5,9,12,16-17H2,1H3. The van der Waals surface area contributed by atoms with E-state index in [1.165, 1.54) is 19.3 Å². The lowest BCUT2D eigenvalue weighted by Gasteiger charge is -2.07. The van der Waals surface area contributed by atoms with Gasteiger partial charge in [-0.2, -0.15) is 0 Å². The maximum absolute atomic E-state index is 12.0. The number of nitrogens with zero attached hydrogens (tertiary/aromatic N) is 1. The number of carbonyl (C=O) groups is 1. The number of unbranched alkanes of at least 4 members (excludes halogenated alkanes) is 4. The number of aromatic amines is 1. The van der Waals surface area contributed by atoms with Crippen LogP contribution in [0.25, 0.3) is 10.9 Å². The average Bonchev–Trinajstić information content (AvgIpc) is 3.13. The molecule has 0 aliphatic rings. The number of carbonyl (C=O) groups excluding carboxylic acids is 1. The normalized spacial score (nSPS) is 10.9. The fourth-order valence-corrected chi connectivity index (χ4v) is 3.09. The van der Waals surface area contributed by atoms with Gasteiger partial charge in [-0.05, 0) is 12.0 Å². The van der Waals surface area contributed by atoms with Crippen LogP contribution in [0.4, 0.5) is 0 Å². The van der Waals surface area contributed by atoms with E-state index in [0.717, 1.165) is 34.9 Å². The number of fused-ring (bicyclic) bond motifs is 1. The molecule has 0 bridgehead atoms. The van der Waals surface area contributed by atoms with E-state index in [1.54, 1.807) is 6.20 Å². The van der Waals surface area contributed by atoms with Gasteiger partial charge in [0.05, 0.1) is 11.7 Å². The van der Waals surface area contributed by atoms with Crippen LogP contribution in [0, 0.1) is 0 Å². The van der Waals surface area contributed by atoms with Gasteiger partial charge in [0.2, 0.25) is 5.88 Å². The molecular weight excluding hydrogens is 352 g/mol. The summed E-state index contributed by atoms with van der Waals surface area (Å²) >= 11 is 0. The van der Waals surface area contributed by atoms with Crippen molar-refractivity contribution in [1.29, 1.82) is 0 Å². The molecule has 3 aromatic rings. The molecule has 5 nitrogen and oxygen atoms in total. The molecule has 28 heavy (non-hydrogen) atoms. The van der Waals surface area contributed by atoms with Crippen LogP contribution in [0.2, 0.25) is 0 Å². The van der Waals surface area contributed by atoms with Crippen LogP contribution in [0.5, 0.6) is 5.88 Å². The molecule has 5 heteroatoms. The van der Waals surface area contributed by atoms with Crippen molar-refractivity contribution in [1.82, 2.24) is 9.97 Å². The fourth-order valence-electron chi connectivity index (χ4n) is 3.09. The molecule has 0 saturated heterocycles. The van der Waals surface area contributed by atoms with E-state index in [2.05, 4.69) is 16.9 Å². The molecule has 0 radical (unpaired) electrons. The minimum absolute atomic E-state index is 0.138. The van der Waals surface area contributed by atoms with Gasteiger partial charge in [-0.15, -0.1) is 0 Å². The number of hydrogen-bond acceptors (Lipinski definition) is 4. The van der Waals surface area contributed by atoms with Crippen molar-refractivity contribution in [2.45, 2.75) is 58.7 Å². The van der Waals surface area contributed by atoms with Gasteiger partial charge < -0.3 is 14.5 Å². The van der Waals surface area contributed by atoms with Gasteiger partial charge in [0, 0.05) is 29.6 Å². The first-order chi connectivity index (χ1) is 13.8. The molecular formula is C23H28N2O3. The molecule has 2 aromatic heterocycles. The van der Waals surface area contributed by atoms with Crippen LogP contribution in [-0.2, 0) is 22.7 Å². The van der Waals surface area contributed by atoms with Gasteiger partial charge in [0.15, 0.2) is 0 Å². The smallest absolute Gasteiger partial charge is 0.306 e. The quantitative estimate of drug-likeness (QED) is 0.350. The predicted molar refractivity (Wildman–Crippen MR) is 110 cm³/mol. The van der Waals surface area contributed by atoms with Gasteiger partial charge in [0.25, 0.3) is 0 Å². The minimum atomic E-state index is -0.138. The summed E-state index contributed by atoms with van der Waals surface area (Å²) in [5.74, 6) is 0.417. The van der Waals surface area contributed by atoms with Crippen LogP contribution >= 0.6 is 0 Å². The molecule has 0 unspecified atom stereocenters. The summed E-state index contributed by atoms with van der Waals surface area (Å²) in [5.41, 5.74) is 2.92. The van der Waals surface area contributed by atoms with Crippen LogP contribution in [-0.4, -0.2) is 15.9 Å². The monoisotopic (exact) mass is 380 g/mol. The largest absolute Gasteiger partial charge is 0.473 e. The SMILES string of the molecule is CCCCCCCC(=O)OCc1c[nH]c2cnc(OCc3ccccc3)cc12. The topological polar surface area (TPSA) is 64.2 Å². The molecule has 1 N–H and O–H groups in total. The molecule has 0 fully saturated rings. The first-order valence-electron chi connectivity index (χ1n) is 10.0. The van der Waals surface area contributed by atoms with Crippen molar-refractivity contribution < 1.29 is 14.3 Å². The fraction of sp³-hybridized carbons (Fsp3) is 0.391. The second-order valence-corrected chi connectivity index (χ2v) is 6.98. The Morgan fingerprint density at radius 1 is 1.07 bits per heavy atom. The second kappa shape index (κ2) is 10.5. The van der Waals surface area contributed by atoms with Gasteiger partial charge in [-0.25, -0.2) is 4.98 Å². The molecule has 148 valence electrons. The highest BCUT2D eigenvalue weighted by Gasteiger charge is 2.09. The zero-order valence-corrected chi connectivity index (χ0v) is 16.4. The predicted octanol–water partition coefficient (Wildman–Crippen LogP) is 5.55. The Kier molecular flexibility index (Phi) is 7.47. The molecule has 1 aromatic carbocycles. The number of nitrogens with one attached hydrogen (secondary N) is 1. The maximum Gasteiger partial charge on any atom is 0.306 e. The lowest BCUT2D eigenvalue weighted by atomic mass is 10.1. The van der Waals surface area contributed by atoms with E-state index in [-0.39, 0.29) is 12.6 Å². The van der Waals surface area contributed by atoms with Crippen molar-refractivity contribution in [3.8, 4) is 5.88 Å². The third kappa shape index (κ3) is 5.84. The van der Waals surface area contributed by atoms with Crippen molar-refractivity contribution in [3.05, 3.63) is 59.9 Å². The average molecular weight is 380 g/mol. The summed E-state index contributed by atoms with van der Waals surface area (Å²) in [7, 11) is 0. The molecule has 3 rings (SSSR count). The first-order valence-corrected chi connectivity index (χ1v) is 10.0. The van der Waals surface area contributed by atoms with E-state index in [9.17, 15) is 4.79 Å². The first kappa shape index (κ1) is 19.9. The Labute approximate surface area is 166 Å². The Morgan fingerprint density at radius 2 is 1.89 bits per heavy atom. The number of H-pyrrole nitrogens is 1. The van der Waals surface area contributed by atoms with Crippen LogP contribution < -0.4 is 4.74 Å². The highest BCUT2D eigenvalue weighted by Crippen LogP contribution is 2.23. The minimum Gasteiger partial charge on any atom is -0.473 e. The summed E-state index contributed by atoms with van der Waals surface area (Å²) in [6.07, 6.45) is 9.70. The second-order valence-electron chi connectivity index (χ2n) is 6.98. The van der Waals surface area contributed by atoms with Crippen molar-refractivity contribution in [2.75, 3.05) is 0 Å². The summed E-state index contributed by atoms with van der Waals surface area (Å²) in [5, 5.41) is 0.966. The molecule has 0 aliphatic heterocycles. The molecule has 0 amide bonds. The molecule has 2 heterocycles. The molecule has 0 saturated carbocycles. The third-order valence-corrected chi connectivity index (χ3v) is 4.73. The van der Waals surface area contributed by atoms with Crippen molar-refractivity contribution in [2.24, 2.45) is 0 Å². The molecule has 0 atom stereocenters. The van der Waals surface area contributed by atoms with Crippen LogP contribution in [0.3, 0.4) is 0 Å². The number of rotatable bonds is 11. The third-order valence-electron chi connectivity index (χ3n) is 4.73. The number of pyridine rings is 1. The van der Waals surface area contributed by atoms with Crippen molar-refractivity contribution >= 4 is 16.9 Å². The lowest BCUT2D eigenvalue weighted by molar-refractivity contribution is -0.145. The van der Waals surface area contributed by atoms with E-state index >= 15 is 0 Å². The Morgan fingerprint density at radius 3 is 2.71 bits per heavy atom. The number of aromatic nitrogens is 2. The van der Waals surface area contributed by atoms with Gasteiger partial charge in [0.1, 0.15) is 13.2 Å². The van der Waals surface area contributed by atoms with Crippen molar-refractivity contribution in [3.63, 3.8) is 0 Å². The number of hydrogen-bond donors (Lipinski definition) is 1. The summed E-state index contributed by atoms with van der Waals surface area (Å²) in [4.78, 5) is 19.5. The highest BCUT2D eigenvalue weighted by molar-refractivity contribution is 5.83. The zero-order chi connectivity index (χ0) is 19.6. The summed E-state index contributed by atoms with van der Waals surface area (Å²) < 4.78 is 11.3. The zero-order valence-electron chi connectivity index (χ0n) is 16.4. The highest BCUT2D eigenvalue weighted by atomic mass is 16.5. The molecule has 0 spiro atoms. The molecule has 0 aliphatic carbocycles. The van der Waals surface area contributed by atoms with E-state index < -0.39 is 0 Å². The lowest BCUT2D eigenvalue weighted by Crippen LogP contribution is -2.04.